The maximum atomic E-state index is 13.1. The Morgan fingerprint density at radius 3 is 2.15 bits per heavy atom. The van der Waals surface area contributed by atoms with Crippen molar-refractivity contribution in [1.29, 1.82) is 0 Å². The Balaban J connectivity index is 1.20. The second-order valence-electron chi connectivity index (χ2n) is 10.1. The predicted molar refractivity (Wildman–Crippen MR) is 151 cm³/mol. The Hall–Kier alpha value is -3.88. The maximum absolute atomic E-state index is 13.1. The molecule has 0 bridgehead atoms. The van der Waals surface area contributed by atoms with E-state index >= 15 is 0 Å². The number of nitrogens with zero attached hydrogens (tertiary/aromatic N) is 1. The van der Waals surface area contributed by atoms with Gasteiger partial charge in [-0.1, -0.05) is 71.7 Å². The zero-order valence-corrected chi connectivity index (χ0v) is 23.0. The molecule has 3 aromatic rings. The molecule has 0 unspecified atom stereocenters. The maximum Gasteiger partial charge on any atom is 0.315 e. The number of urea groups is 1. The third-order valence-corrected chi connectivity index (χ3v) is 8.02. The number of benzene rings is 3. The molecule has 0 fully saturated rings. The van der Waals surface area contributed by atoms with E-state index < -0.39 is 30.1 Å². The third-order valence-electron chi connectivity index (χ3n) is 7.42. The number of carboxylic acid groups (broad SMARTS) is 1. The van der Waals surface area contributed by atoms with Crippen molar-refractivity contribution in [2.45, 2.75) is 38.4 Å². The van der Waals surface area contributed by atoms with Gasteiger partial charge in [0.25, 0.3) is 5.91 Å². The number of hydrogen-bond acceptors (Lipinski definition) is 4. The molecule has 2 aliphatic rings. The standard InChI is InChI=1S/C30H27Cl2N3O5/c31-23-11-20(28(37)35-15-18-6-1-2-7-19(18)16-35)12-24(32)27(23)26(36)13-21(29(38)39)14-33-30(40)34-25-10-9-17-5-3-4-8-22(17)25/h1-8,11-12,21,25H,9-10,13-16H2,(H,38,39)(H2,33,34,40)/t21-,25+/m0/s1. The molecule has 0 radical (unpaired) electrons. The van der Waals surface area contributed by atoms with Gasteiger partial charge in [0.05, 0.1) is 27.6 Å². The molecule has 0 saturated carbocycles. The van der Waals surface area contributed by atoms with Crippen LogP contribution in [0.3, 0.4) is 0 Å². The summed E-state index contributed by atoms with van der Waals surface area (Å²) < 4.78 is 0. The number of carbonyl (C=O) groups is 4. The lowest BCUT2D eigenvalue weighted by molar-refractivity contribution is -0.141. The Kier molecular flexibility index (Phi) is 8.09. The van der Waals surface area contributed by atoms with E-state index in [1.165, 1.54) is 17.7 Å². The highest BCUT2D eigenvalue weighted by Gasteiger charge is 2.29. The molecule has 0 saturated heterocycles. The number of fused-ring (bicyclic) bond motifs is 2. The van der Waals surface area contributed by atoms with Gasteiger partial charge in [-0.05, 0) is 47.2 Å². The summed E-state index contributed by atoms with van der Waals surface area (Å²) in [5.41, 5.74) is 4.53. The zero-order chi connectivity index (χ0) is 28.4. The molecule has 206 valence electrons. The van der Waals surface area contributed by atoms with Crippen LogP contribution in [0.4, 0.5) is 4.79 Å². The van der Waals surface area contributed by atoms with Gasteiger partial charge in [-0.15, -0.1) is 0 Å². The van der Waals surface area contributed by atoms with Gasteiger partial charge in [0.1, 0.15) is 0 Å². The van der Waals surface area contributed by atoms with Crippen molar-refractivity contribution in [3.63, 3.8) is 0 Å². The van der Waals surface area contributed by atoms with Crippen LogP contribution >= 0.6 is 23.2 Å². The number of Topliss-reactive ketones (excluding diaryl/α,β-unsaturated/α-hetero) is 1. The number of amides is 3. The van der Waals surface area contributed by atoms with E-state index in [-0.39, 0.29) is 39.7 Å². The minimum atomic E-state index is -1.24. The van der Waals surface area contributed by atoms with E-state index in [1.807, 2.05) is 48.5 Å². The van der Waals surface area contributed by atoms with Crippen molar-refractivity contribution in [2.75, 3.05) is 6.54 Å². The molecule has 0 aromatic heterocycles. The van der Waals surface area contributed by atoms with E-state index in [0.29, 0.717) is 13.1 Å². The van der Waals surface area contributed by atoms with Crippen LogP contribution in [0, 0.1) is 5.92 Å². The first-order chi connectivity index (χ1) is 19.2. The Morgan fingerprint density at radius 2 is 1.52 bits per heavy atom. The molecule has 5 rings (SSSR count). The molecule has 1 aliphatic carbocycles. The van der Waals surface area contributed by atoms with Gasteiger partial charge in [0.15, 0.2) is 5.78 Å². The minimum absolute atomic E-state index is 0.0349. The third kappa shape index (κ3) is 5.83. The zero-order valence-electron chi connectivity index (χ0n) is 21.5. The van der Waals surface area contributed by atoms with E-state index in [2.05, 4.69) is 10.6 Å². The highest BCUT2D eigenvalue weighted by molar-refractivity contribution is 6.40. The summed E-state index contributed by atoms with van der Waals surface area (Å²) in [5.74, 6) is -3.32. The van der Waals surface area contributed by atoms with Crippen molar-refractivity contribution in [3.8, 4) is 0 Å². The number of carbonyl (C=O) groups excluding carboxylic acids is 3. The molecule has 10 heteroatoms. The van der Waals surface area contributed by atoms with Crippen LogP contribution in [0.2, 0.25) is 10.0 Å². The molecule has 3 N–H and O–H groups in total. The number of halogens is 2. The highest BCUT2D eigenvalue weighted by atomic mass is 35.5. The number of aryl methyl sites for hydroxylation is 1. The summed E-state index contributed by atoms with van der Waals surface area (Å²) in [6.07, 6.45) is 1.18. The fourth-order valence-corrected chi connectivity index (χ4v) is 6.03. The topological polar surface area (TPSA) is 116 Å². The van der Waals surface area contributed by atoms with Crippen LogP contribution in [-0.4, -0.2) is 40.2 Å². The van der Waals surface area contributed by atoms with Gasteiger partial charge >= 0.3 is 12.0 Å². The largest absolute Gasteiger partial charge is 0.481 e. The summed E-state index contributed by atoms with van der Waals surface area (Å²) in [4.78, 5) is 52.3. The summed E-state index contributed by atoms with van der Waals surface area (Å²) >= 11 is 12.8. The van der Waals surface area contributed by atoms with Crippen LogP contribution in [0.1, 0.15) is 61.9 Å². The Bertz CT molecular complexity index is 1460. The van der Waals surface area contributed by atoms with Crippen LogP contribution < -0.4 is 10.6 Å². The number of nitrogens with one attached hydrogen (secondary N) is 2. The molecular weight excluding hydrogens is 553 g/mol. The number of aliphatic carboxylic acids is 1. The van der Waals surface area contributed by atoms with E-state index in [4.69, 9.17) is 23.2 Å². The SMILES string of the molecule is O=C(NC[C@H](CC(=O)c1c(Cl)cc(C(=O)N2Cc3ccccc3C2)cc1Cl)C(=O)O)N[C@@H]1CCc2ccccc21. The normalized spacial score (nSPS) is 16.1. The van der Waals surface area contributed by atoms with Gasteiger partial charge < -0.3 is 20.6 Å². The summed E-state index contributed by atoms with van der Waals surface area (Å²) in [6.45, 7) is 0.653. The first-order valence-electron chi connectivity index (χ1n) is 12.9. The quantitative estimate of drug-likeness (QED) is 0.308. The molecule has 3 aromatic carbocycles. The smallest absolute Gasteiger partial charge is 0.315 e. The number of ketones is 1. The number of rotatable bonds is 8. The second-order valence-corrected chi connectivity index (χ2v) is 10.9. The first kappa shape index (κ1) is 27.7. The van der Waals surface area contributed by atoms with E-state index in [9.17, 15) is 24.3 Å². The van der Waals surface area contributed by atoms with Crippen LogP contribution in [0.5, 0.6) is 0 Å². The molecular formula is C30H27Cl2N3O5. The molecule has 1 aliphatic heterocycles. The first-order valence-corrected chi connectivity index (χ1v) is 13.7. The van der Waals surface area contributed by atoms with Crippen molar-refractivity contribution >= 4 is 46.9 Å². The molecule has 1 heterocycles. The van der Waals surface area contributed by atoms with Gasteiger partial charge in [0, 0.05) is 31.6 Å². The van der Waals surface area contributed by atoms with Gasteiger partial charge in [-0.25, -0.2) is 4.79 Å². The molecule has 8 nitrogen and oxygen atoms in total. The van der Waals surface area contributed by atoms with Gasteiger partial charge in [-0.3, -0.25) is 14.4 Å². The molecule has 40 heavy (non-hydrogen) atoms. The van der Waals surface area contributed by atoms with E-state index in [1.54, 1.807) is 4.90 Å². The predicted octanol–water partition coefficient (Wildman–Crippen LogP) is 5.41. The molecule has 0 spiro atoms. The summed E-state index contributed by atoms with van der Waals surface area (Å²) in [7, 11) is 0. The van der Waals surface area contributed by atoms with Crippen LogP contribution in [-0.2, 0) is 24.3 Å². The lowest BCUT2D eigenvalue weighted by Gasteiger charge is -2.18. The number of carboxylic acids is 1. The average molecular weight is 580 g/mol. The van der Waals surface area contributed by atoms with E-state index in [0.717, 1.165) is 29.5 Å². The highest BCUT2D eigenvalue weighted by Crippen LogP contribution is 2.32. The van der Waals surface area contributed by atoms with Gasteiger partial charge in [-0.2, -0.15) is 0 Å². The monoisotopic (exact) mass is 579 g/mol. The molecule has 2 atom stereocenters. The lowest BCUT2D eigenvalue weighted by atomic mass is 9.97. The summed E-state index contributed by atoms with van der Waals surface area (Å²) in [5, 5.41) is 15.1. The van der Waals surface area contributed by atoms with Crippen LogP contribution in [0.25, 0.3) is 0 Å². The van der Waals surface area contributed by atoms with Crippen molar-refractivity contribution in [3.05, 3.63) is 104 Å². The lowest BCUT2D eigenvalue weighted by Crippen LogP contribution is -2.41. The van der Waals surface area contributed by atoms with Crippen molar-refractivity contribution < 1.29 is 24.3 Å². The van der Waals surface area contributed by atoms with Gasteiger partial charge in [0.2, 0.25) is 0 Å². The fraction of sp³-hybridized carbons (Fsp3) is 0.267. The summed E-state index contributed by atoms with van der Waals surface area (Å²) in [6, 6.07) is 17.7. The second kappa shape index (κ2) is 11.7. The fourth-order valence-electron chi connectivity index (χ4n) is 5.33. The average Bonchev–Trinajstić information content (AvgIpc) is 3.54. The Labute approximate surface area is 241 Å². The number of hydrogen-bond donors (Lipinski definition) is 3. The minimum Gasteiger partial charge on any atom is -0.481 e. The van der Waals surface area contributed by atoms with Crippen LogP contribution in [0.15, 0.2) is 60.7 Å². The Morgan fingerprint density at radius 1 is 0.925 bits per heavy atom. The van der Waals surface area contributed by atoms with Crippen molar-refractivity contribution in [2.24, 2.45) is 5.92 Å². The van der Waals surface area contributed by atoms with Crippen molar-refractivity contribution in [1.82, 2.24) is 15.5 Å². The molecule has 3 amide bonds.